The second-order valence-corrected chi connectivity index (χ2v) is 6.23. The van der Waals surface area contributed by atoms with Gasteiger partial charge in [0.1, 0.15) is 0 Å². The lowest BCUT2D eigenvalue weighted by atomic mass is 9.87. The molecule has 0 fully saturated rings. The van der Waals surface area contributed by atoms with Crippen molar-refractivity contribution in [3.8, 4) is 0 Å². The first kappa shape index (κ1) is 14.5. The van der Waals surface area contributed by atoms with Gasteiger partial charge in [0, 0.05) is 11.1 Å². The van der Waals surface area contributed by atoms with Crippen LogP contribution in [0.4, 0.5) is 0 Å². The van der Waals surface area contributed by atoms with E-state index in [4.69, 9.17) is 17.4 Å². The SMILES string of the molecule is CC(C)(C)CCC(Cc1ccc(Cl)cc1)NN. The van der Waals surface area contributed by atoms with E-state index in [9.17, 15) is 0 Å². The van der Waals surface area contributed by atoms with Crippen LogP contribution < -0.4 is 11.3 Å². The smallest absolute Gasteiger partial charge is 0.0406 e. The summed E-state index contributed by atoms with van der Waals surface area (Å²) in [4.78, 5) is 0. The number of nitrogens with two attached hydrogens (primary N) is 1. The number of rotatable bonds is 5. The second kappa shape index (κ2) is 6.39. The van der Waals surface area contributed by atoms with Gasteiger partial charge in [-0.05, 0) is 42.4 Å². The summed E-state index contributed by atoms with van der Waals surface area (Å²) in [6.45, 7) is 6.76. The molecule has 0 radical (unpaired) electrons. The summed E-state index contributed by atoms with van der Waals surface area (Å²) in [5.74, 6) is 5.60. The van der Waals surface area contributed by atoms with Gasteiger partial charge in [0.15, 0.2) is 0 Å². The highest BCUT2D eigenvalue weighted by atomic mass is 35.5. The number of benzene rings is 1. The average molecular weight is 255 g/mol. The van der Waals surface area contributed by atoms with Crippen molar-refractivity contribution < 1.29 is 0 Å². The molecule has 0 saturated carbocycles. The maximum absolute atomic E-state index is 5.86. The van der Waals surface area contributed by atoms with Crippen LogP contribution in [-0.4, -0.2) is 6.04 Å². The molecule has 1 rings (SSSR count). The van der Waals surface area contributed by atoms with Crippen molar-refractivity contribution in [3.63, 3.8) is 0 Å². The quantitative estimate of drug-likeness (QED) is 0.623. The van der Waals surface area contributed by atoms with E-state index in [1.165, 1.54) is 5.56 Å². The Morgan fingerprint density at radius 2 is 1.82 bits per heavy atom. The highest BCUT2D eigenvalue weighted by Crippen LogP contribution is 2.22. The van der Waals surface area contributed by atoms with Crippen LogP contribution in [0.2, 0.25) is 5.02 Å². The molecule has 96 valence electrons. The molecule has 0 aromatic heterocycles. The van der Waals surface area contributed by atoms with Crippen LogP contribution in [0, 0.1) is 5.41 Å². The van der Waals surface area contributed by atoms with Gasteiger partial charge in [-0.15, -0.1) is 0 Å². The molecule has 1 unspecified atom stereocenters. The minimum Gasteiger partial charge on any atom is -0.271 e. The van der Waals surface area contributed by atoms with Crippen molar-refractivity contribution in [2.24, 2.45) is 11.3 Å². The Labute approximate surface area is 110 Å². The predicted octanol–water partition coefficient (Wildman–Crippen LogP) is 3.54. The van der Waals surface area contributed by atoms with E-state index in [0.717, 1.165) is 24.3 Å². The van der Waals surface area contributed by atoms with E-state index in [1.54, 1.807) is 0 Å². The molecule has 2 nitrogen and oxygen atoms in total. The largest absolute Gasteiger partial charge is 0.271 e. The summed E-state index contributed by atoms with van der Waals surface area (Å²) < 4.78 is 0. The number of nitrogens with one attached hydrogen (secondary N) is 1. The highest BCUT2D eigenvalue weighted by molar-refractivity contribution is 6.30. The van der Waals surface area contributed by atoms with E-state index in [2.05, 4.69) is 38.3 Å². The van der Waals surface area contributed by atoms with Crippen molar-refractivity contribution in [2.75, 3.05) is 0 Å². The lowest BCUT2D eigenvalue weighted by Crippen LogP contribution is -2.37. The molecule has 0 aliphatic heterocycles. The zero-order chi connectivity index (χ0) is 12.9. The minimum atomic E-state index is 0.329. The van der Waals surface area contributed by atoms with Gasteiger partial charge >= 0.3 is 0 Å². The first-order valence-corrected chi connectivity index (χ1v) is 6.49. The van der Waals surface area contributed by atoms with E-state index < -0.39 is 0 Å². The van der Waals surface area contributed by atoms with Crippen LogP contribution in [-0.2, 0) is 6.42 Å². The fourth-order valence-electron chi connectivity index (χ4n) is 1.76. The molecule has 0 aliphatic carbocycles. The van der Waals surface area contributed by atoms with Crippen molar-refractivity contribution in [1.82, 2.24) is 5.43 Å². The second-order valence-electron chi connectivity index (χ2n) is 5.79. The van der Waals surface area contributed by atoms with Gasteiger partial charge in [-0.1, -0.05) is 44.5 Å². The number of halogens is 1. The van der Waals surface area contributed by atoms with Gasteiger partial charge in [-0.2, -0.15) is 0 Å². The molecule has 0 bridgehead atoms. The highest BCUT2D eigenvalue weighted by Gasteiger charge is 2.14. The molecule has 0 amide bonds. The zero-order valence-electron chi connectivity index (χ0n) is 11.0. The van der Waals surface area contributed by atoms with Gasteiger partial charge in [-0.25, -0.2) is 0 Å². The summed E-state index contributed by atoms with van der Waals surface area (Å²) in [6, 6.07) is 8.30. The summed E-state index contributed by atoms with van der Waals surface area (Å²) in [7, 11) is 0. The number of hydrogen-bond donors (Lipinski definition) is 2. The Bertz CT molecular complexity index is 327. The fraction of sp³-hybridized carbons (Fsp3) is 0.571. The van der Waals surface area contributed by atoms with Crippen LogP contribution >= 0.6 is 11.6 Å². The van der Waals surface area contributed by atoms with Crippen LogP contribution in [0.5, 0.6) is 0 Å². The van der Waals surface area contributed by atoms with Crippen molar-refractivity contribution in [2.45, 2.75) is 46.1 Å². The third-order valence-electron chi connectivity index (χ3n) is 2.87. The molecule has 0 saturated heterocycles. The molecule has 3 N–H and O–H groups in total. The first-order chi connectivity index (χ1) is 7.90. The normalized spacial score (nSPS) is 13.7. The van der Waals surface area contributed by atoms with Crippen LogP contribution in [0.3, 0.4) is 0 Å². The lowest BCUT2D eigenvalue weighted by Gasteiger charge is -2.22. The minimum absolute atomic E-state index is 0.329. The van der Waals surface area contributed by atoms with Gasteiger partial charge in [0.2, 0.25) is 0 Å². The van der Waals surface area contributed by atoms with Gasteiger partial charge < -0.3 is 0 Å². The van der Waals surface area contributed by atoms with Crippen molar-refractivity contribution in [1.29, 1.82) is 0 Å². The lowest BCUT2D eigenvalue weighted by molar-refractivity contribution is 0.330. The fourth-order valence-corrected chi connectivity index (χ4v) is 1.88. The van der Waals surface area contributed by atoms with E-state index in [0.29, 0.717) is 11.5 Å². The molecule has 0 heterocycles. The molecule has 0 spiro atoms. The third-order valence-corrected chi connectivity index (χ3v) is 3.13. The topological polar surface area (TPSA) is 38.0 Å². The molecule has 1 aromatic carbocycles. The maximum Gasteiger partial charge on any atom is 0.0406 e. The Morgan fingerprint density at radius 1 is 1.24 bits per heavy atom. The van der Waals surface area contributed by atoms with Crippen LogP contribution in [0.15, 0.2) is 24.3 Å². The van der Waals surface area contributed by atoms with E-state index in [1.807, 2.05) is 12.1 Å². The number of hydrazine groups is 1. The zero-order valence-corrected chi connectivity index (χ0v) is 11.7. The molecular formula is C14H23ClN2. The van der Waals surface area contributed by atoms with E-state index >= 15 is 0 Å². The maximum atomic E-state index is 5.86. The summed E-state index contributed by atoms with van der Waals surface area (Å²) in [6.07, 6.45) is 3.20. The van der Waals surface area contributed by atoms with Crippen LogP contribution in [0.25, 0.3) is 0 Å². The summed E-state index contributed by atoms with van der Waals surface area (Å²) >= 11 is 5.86. The number of hydrogen-bond acceptors (Lipinski definition) is 2. The van der Waals surface area contributed by atoms with Crippen molar-refractivity contribution in [3.05, 3.63) is 34.9 Å². The molecule has 1 atom stereocenters. The first-order valence-electron chi connectivity index (χ1n) is 6.11. The van der Waals surface area contributed by atoms with Crippen molar-refractivity contribution >= 4 is 11.6 Å². The third kappa shape index (κ3) is 6.06. The molecule has 3 heteroatoms. The van der Waals surface area contributed by atoms with E-state index in [-0.39, 0.29) is 0 Å². The molecular weight excluding hydrogens is 232 g/mol. The summed E-state index contributed by atoms with van der Waals surface area (Å²) in [5, 5.41) is 0.778. The summed E-state index contributed by atoms with van der Waals surface area (Å²) in [5.41, 5.74) is 4.53. The monoisotopic (exact) mass is 254 g/mol. The van der Waals surface area contributed by atoms with Gasteiger partial charge in [0.25, 0.3) is 0 Å². The standard InChI is InChI=1S/C14H23ClN2/c1-14(2,3)9-8-13(17-16)10-11-4-6-12(15)7-5-11/h4-7,13,17H,8-10,16H2,1-3H3. The molecule has 1 aromatic rings. The Morgan fingerprint density at radius 3 is 2.29 bits per heavy atom. The van der Waals surface area contributed by atoms with Gasteiger partial charge in [0.05, 0.1) is 0 Å². The molecule has 17 heavy (non-hydrogen) atoms. The van der Waals surface area contributed by atoms with Crippen LogP contribution in [0.1, 0.15) is 39.2 Å². The van der Waals surface area contributed by atoms with Gasteiger partial charge in [-0.3, -0.25) is 11.3 Å². The molecule has 0 aliphatic rings. The Hall–Kier alpha value is -0.570. The Kier molecular flexibility index (Phi) is 5.44. The Balaban J connectivity index is 2.49. The predicted molar refractivity (Wildman–Crippen MR) is 75.0 cm³/mol. The average Bonchev–Trinajstić information content (AvgIpc) is 2.25.